The van der Waals surface area contributed by atoms with Gasteiger partial charge in [-0.15, -0.1) is 0 Å². The average Bonchev–Trinajstić information content (AvgIpc) is 3.16. The normalized spacial score (nSPS) is 11.4. The van der Waals surface area contributed by atoms with Gasteiger partial charge in [-0.05, 0) is 34.7 Å². The van der Waals surface area contributed by atoms with Gasteiger partial charge in [-0.2, -0.15) is 0 Å². The van der Waals surface area contributed by atoms with Gasteiger partial charge in [-0.3, -0.25) is 4.98 Å². The maximum atomic E-state index is 4.69. The van der Waals surface area contributed by atoms with E-state index in [1.165, 1.54) is 38.2 Å². The van der Waals surface area contributed by atoms with Crippen LogP contribution in [0, 0.1) is 0 Å². The summed E-state index contributed by atoms with van der Waals surface area (Å²) >= 11 is 0. The van der Waals surface area contributed by atoms with E-state index in [0.29, 0.717) is 0 Å². The lowest BCUT2D eigenvalue weighted by molar-refractivity contribution is 1.21. The first-order valence-electron chi connectivity index (χ1n) is 9.81. The summed E-state index contributed by atoms with van der Waals surface area (Å²) in [5.74, 6) is 0. The topological polar surface area (TPSA) is 17.3 Å². The van der Waals surface area contributed by atoms with Crippen molar-refractivity contribution in [2.45, 2.75) is 0 Å². The molecule has 0 spiro atoms. The van der Waals surface area contributed by atoms with E-state index in [1.807, 2.05) is 6.20 Å². The Bertz CT molecular complexity index is 1500. The van der Waals surface area contributed by atoms with Crippen LogP contribution >= 0.6 is 0 Å². The Morgan fingerprint density at radius 2 is 1.34 bits per heavy atom. The summed E-state index contributed by atoms with van der Waals surface area (Å²) in [6, 6.07) is 32.1. The highest BCUT2D eigenvalue weighted by Crippen LogP contribution is 2.31. The molecule has 0 aliphatic rings. The first kappa shape index (κ1) is 16.1. The molecule has 0 amide bonds. The minimum absolute atomic E-state index is 1.03. The van der Waals surface area contributed by atoms with Crippen molar-refractivity contribution >= 4 is 27.1 Å². The van der Waals surface area contributed by atoms with Gasteiger partial charge in [-0.1, -0.05) is 72.8 Å². The Labute approximate surface area is 168 Å². The van der Waals surface area contributed by atoms with Gasteiger partial charge in [0.15, 0.2) is 0 Å². The van der Waals surface area contributed by atoms with E-state index in [4.69, 9.17) is 0 Å². The molecular formula is C27H18N2. The van der Waals surface area contributed by atoms with Crippen LogP contribution in [0.3, 0.4) is 0 Å². The smallest absolute Gasteiger partial charge is 0.0780 e. The minimum atomic E-state index is 1.03. The second-order valence-corrected chi connectivity index (χ2v) is 7.39. The van der Waals surface area contributed by atoms with Crippen molar-refractivity contribution in [3.8, 4) is 22.4 Å². The quantitative estimate of drug-likeness (QED) is 0.321. The van der Waals surface area contributed by atoms with Crippen LogP contribution in [0.2, 0.25) is 0 Å². The molecule has 0 radical (unpaired) electrons. The average molecular weight is 370 g/mol. The highest BCUT2D eigenvalue weighted by molar-refractivity contribution is 5.98. The lowest BCUT2D eigenvalue weighted by Gasteiger charge is -2.09. The zero-order chi connectivity index (χ0) is 19.2. The van der Waals surface area contributed by atoms with E-state index in [9.17, 15) is 0 Å². The number of benzene rings is 3. The molecule has 0 aliphatic carbocycles. The molecule has 0 N–H and O–H groups in total. The van der Waals surface area contributed by atoms with E-state index in [-0.39, 0.29) is 0 Å². The molecule has 6 rings (SSSR count). The Kier molecular flexibility index (Phi) is 3.50. The van der Waals surface area contributed by atoms with Crippen LogP contribution in [-0.4, -0.2) is 9.38 Å². The molecule has 136 valence electrons. The highest BCUT2D eigenvalue weighted by Gasteiger charge is 2.08. The van der Waals surface area contributed by atoms with E-state index >= 15 is 0 Å². The van der Waals surface area contributed by atoms with Crippen LogP contribution in [-0.2, 0) is 0 Å². The van der Waals surface area contributed by atoms with Crippen LogP contribution < -0.4 is 0 Å². The van der Waals surface area contributed by atoms with Gasteiger partial charge >= 0.3 is 0 Å². The standard InChI is InChI=1S/C27H18N2/c1-4-11-25-19(6-1)14-15-28-27(25)21-9-5-8-20(16-21)22-12-13-26-24-10-3-2-7-23(24)18-29(26)17-22/h1-18H. The number of hydrogen-bond donors (Lipinski definition) is 0. The van der Waals surface area contributed by atoms with Gasteiger partial charge < -0.3 is 4.40 Å². The third-order valence-corrected chi connectivity index (χ3v) is 5.63. The van der Waals surface area contributed by atoms with Crippen LogP contribution in [0.1, 0.15) is 0 Å². The van der Waals surface area contributed by atoms with Crippen LogP contribution in [0.25, 0.3) is 49.4 Å². The summed E-state index contributed by atoms with van der Waals surface area (Å²) in [5, 5.41) is 4.94. The maximum Gasteiger partial charge on any atom is 0.0780 e. The van der Waals surface area contributed by atoms with Crippen LogP contribution in [0.5, 0.6) is 0 Å². The lowest BCUT2D eigenvalue weighted by atomic mass is 9.99. The van der Waals surface area contributed by atoms with Crippen molar-refractivity contribution in [2.75, 3.05) is 0 Å². The first-order chi connectivity index (χ1) is 14.4. The number of pyridine rings is 2. The third-order valence-electron chi connectivity index (χ3n) is 5.63. The number of aromatic nitrogens is 2. The van der Waals surface area contributed by atoms with Gasteiger partial charge in [0.2, 0.25) is 0 Å². The van der Waals surface area contributed by atoms with Crippen LogP contribution in [0.4, 0.5) is 0 Å². The van der Waals surface area contributed by atoms with Crippen molar-refractivity contribution in [1.82, 2.24) is 9.38 Å². The molecule has 0 bridgehead atoms. The first-order valence-corrected chi connectivity index (χ1v) is 9.81. The number of nitrogens with zero attached hydrogens (tertiary/aromatic N) is 2. The molecule has 0 aliphatic heterocycles. The molecule has 2 nitrogen and oxygen atoms in total. The second-order valence-electron chi connectivity index (χ2n) is 7.39. The van der Waals surface area contributed by atoms with Crippen molar-refractivity contribution in [1.29, 1.82) is 0 Å². The monoisotopic (exact) mass is 370 g/mol. The fourth-order valence-electron chi connectivity index (χ4n) is 4.21. The molecule has 29 heavy (non-hydrogen) atoms. The number of hydrogen-bond acceptors (Lipinski definition) is 1. The Hall–Kier alpha value is -3.91. The molecule has 0 saturated carbocycles. The number of rotatable bonds is 2. The Morgan fingerprint density at radius 1 is 0.552 bits per heavy atom. The second kappa shape index (κ2) is 6.32. The summed E-state index contributed by atoms with van der Waals surface area (Å²) in [6.07, 6.45) is 6.30. The molecule has 3 heterocycles. The predicted octanol–water partition coefficient (Wildman–Crippen LogP) is 6.97. The summed E-state index contributed by atoms with van der Waals surface area (Å²) < 4.78 is 2.23. The Balaban J connectivity index is 1.51. The van der Waals surface area contributed by atoms with Gasteiger partial charge in [0.05, 0.1) is 11.2 Å². The summed E-state index contributed by atoms with van der Waals surface area (Å²) in [4.78, 5) is 4.69. The molecule has 2 heteroatoms. The number of fused-ring (bicyclic) bond motifs is 4. The van der Waals surface area contributed by atoms with Crippen molar-refractivity contribution in [3.05, 3.63) is 110 Å². The fourth-order valence-corrected chi connectivity index (χ4v) is 4.21. The van der Waals surface area contributed by atoms with Crippen molar-refractivity contribution in [2.24, 2.45) is 0 Å². The summed E-state index contributed by atoms with van der Waals surface area (Å²) in [6.45, 7) is 0. The minimum Gasteiger partial charge on any atom is -0.322 e. The maximum absolute atomic E-state index is 4.69. The predicted molar refractivity (Wildman–Crippen MR) is 121 cm³/mol. The molecular weight excluding hydrogens is 352 g/mol. The molecule has 0 atom stereocenters. The van der Waals surface area contributed by atoms with Crippen molar-refractivity contribution in [3.63, 3.8) is 0 Å². The zero-order valence-electron chi connectivity index (χ0n) is 15.8. The lowest BCUT2D eigenvalue weighted by Crippen LogP contribution is -1.88. The van der Waals surface area contributed by atoms with E-state index in [1.54, 1.807) is 0 Å². The molecule has 3 aromatic carbocycles. The summed E-state index contributed by atoms with van der Waals surface area (Å²) in [5.41, 5.74) is 5.78. The molecule has 0 saturated heterocycles. The fraction of sp³-hybridized carbons (Fsp3) is 0. The van der Waals surface area contributed by atoms with E-state index < -0.39 is 0 Å². The highest BCUT2D eigenvalue weighted by atomic mass is 14.9. The van der Waals surface area contributed by atoms with Gasteiger partial charge in [0.1, 0.15) is 0 Å². The molecule has 6 aromatic rings. The van der Waals surface area contributed by atoms with E-state index in [0.717, 1.165) is 11.3 Å². The zero-order valence-corrected chi connectivity index (χ0v) is 15.8. The van der Waals surface area contributed by atoms with Gasteiger partial charge in [-0.25, -0.2) is 0 Å². The largest absolute Gasteiger partial charge is 0.322 e. The third kappa shape index (κ3) is 2.61. The summed E-state index contributed by atoms with van der Waals surface area (Å²) in [7, 11) is 0. The van der Waals surface area contributed by atoms with Gasteiger partial charge in [0.25, 0.3) is 0 Å². The Morgan fingerprint density at radius 3 is 2.28 bits per heavy atom. The SMILES string of the molecule is c1cc(-c2ccc3c4ccccc4cn3c2)cc(-c2nccc3ccccc23)c1. The van der Waals surface area contributed by atoms with Gasteiger partial charge in [0, 0.05) is 40.3 Å². The van der Waals surface area contributed by atoms with Crippen molar-refractivity contribution < 1.29 is 0 Å². The van der Waals surface area contributed by atoms with Crippen LogP contribution in [0.15, 0.2) is 110 Å². The molecule has 0 fully saturated rings. The van der Waals surface area contributed by atoms with E-state index in [2.05, 4.69) is 113 Å². The molecule has 3 aromatic heterocycles. The molecule has 0 unspecified atom stereocenters.